The van der Waals surface area contributed by atoms with Gasteiger partial charge in [-0.05, 0) is 22.9 Å². The van der Waals surface area contributed by atoms with Gasteiger partial charge in [-0.15, -0.1) is 0 Å². The third-order valence-corrected chi connectivity index (χ3v) is 3.60. The molecule has 0 saturated carbocycles. The monoisotopic (exact) mass is 338 g/mol. The number of aryl methyl sites for hydroxylation is 1. The average molecular weight is 339 g/mol. The molecule has 1 fully saturated rings. The van der Waals surface area contributed by atoms with E-state index < -0.39 is 0 Å². The number of halogens is 1. The summed E-state index contributed by atoms with van der Waals surface area (Å²) in [6.07, 6.45) is 3.55. The Morgan fingerprint density at radius 1 is 1.20 bits per heavy atom. The Bertz CT molecular complexity index is 564. The van der Waals surface area contributed by atoms with Crippen LogP contribution in [0.2, 0.25) is 0 Å². The second-order valence-corrected chi connectivity index (χ2v) is 5.62. The highest BCUT2D eigenvalue weighted by atomic mass is 79.9. The summed E-state index contributed by atoms with van der Waals surface area (Å²) < 4.78 is 6.04. The van der Waals surface area contributed by atoms with Crippen LogP contribution in [0.15, 0.2) is 21.4 Å². The molecule has 0 bridgehead atoms. The maximum Gasteiger partial charge on any atom is 0.240 e. The van der Waals surface area contributed by atoms with Crippen molar-refractivity contribution in [3.05, 3.63) is 28.6 Å². The molecule has 0 amide bonds. The lowest BCUT2D eigenvalue weighted by Crippen LogP contribution is -2.46. The molecule has 3 rings (SSSR count). The van der Waals surface area contributed by atoms with Crippen molar-refractivity contribution in [1.29, 1.82) is 0 Å². The third-order valence-electron chi connectivity index (χ3n) is 3.19. The second kappa shape index (κ2) is 5.84. The summed E-state index contributed by atoms with van der Waals surface area (Å²) in [5.41, 5.74) is 0. The molecular formula is C12H15BrN6O. The first-order valence-electron chi connectivity index (χ1n) is 6.45. The van der Waals surface area contributed by atoms with E-state index in [0.717, 1.165) is 36.6 Å². The van der Waals surface area contributed by atoms with E-state index in [1.165, 1.54) is 0 Å². The Kier molecular flexibility index (Phi) is 3.93. The Hall–Kier alpha value is -1.54. The van der Waals surface area contributed by atoms with Crippen LogP contribution < -0.4 is 4.90 Å². The van der Waals surface area contributed by atoms with E-state index >= 15 is 0 Å². The largest absolute Gasteiger partial charge is 0.338 e. The normalized spacial score (nSPS) is 16.6. The Balaban J connectivity index is 1.55. The summed E-state index contributed by atoms with van der Waals surface area (Å²) in [4.78, 5) is 17.4. The first-order valence-corrected chi connectivity index (χ1v) is 7.24. The van der Waals surface area contributed by atoms with Gasteiger partial charge in [0.25, 0.3) is 0 Å². The number of hydrogen-bond donors (Lipinski definition) is 0. The maximum atomic E-state index is 5.15. The van der Waals surface area contributed by atoms with Crippen molar-refractivity contribution < 1.29 is 4.52 Å². The molecule has 0 radical (unpaired) electrons. The summed E-state index contributed by atoms with van der Waals surface area (Å²) in [5.74, 6) is 2.14. The minimum absolute atomic E-state index is 0.677. The molecule has 0 aliphatic carbocycles. The van der Waals surface area contributed by atoms with Gasteiger partial charge >= 0.3 is 0 Å². The molecule has 2 aromatic heterocycles. The SMILES string of the molecule is Cc1noc(CN2CCN(c3ncc(Br)cn3)CC2)n1. The highest BCUT2D eigenvalue weighted by Crippen LogP contribution is 2.14. The van der Waals surface area contributed by atoms with Crippen molar-refractivity contribution in [1.82, 2.24) is 25.0 Å². The Morgan fingerprint density at radius 2 is 1.90 bits per heavy atom. The smallest absolute Gasteiger partial charge is 0.240 e. The summed E-state index contributed by atoms with van der Waals surface area (Å²) >= 11 is 3.34. The number of piperazine rings is 1. The molecule has 0 spiro atoms. The first-order chi connectivity index (χ1) is 9.70. The van der Waals surface area contributed by atoms with E-state index in [4.69, 9.17) is 4.52 Å². The van der Waals surface area contributed by atoms with Crippen LogP contribution in [0.3, 0.4) is 0 Å². The van der Waals surface area contributed by atoms with Crippen LogP contribution in [0, 0.1) is 6.92 Å². The van der Waals surface area contributed by atoms with Crippen LogP contribution >= 0.6 is 15.9 Å². The van der Waals surface area contributed by atoms with Crippen molar-refractivity contribution in [2.75, 3.05) is 31.1 Å². The fourth-order valence-electron chi connectivity index (χ4n) is 2.17. The van der Waals surface area contributed by atoms with Gasteiger partial charge in [-0.2, -0.15) is 4.98 Å². The third kappa shape index (κ3) is 3.13. The number of aromatic nitrogens is 4. The van der Waals surface area contributed by atoms with Gasteiger partial charge in [0.15, 0.2) is 5.82 Å². The summed E-state index contributed by atoms with van der Waals surface area (Å²) in [6, 6.07) is 0. The van der Waals surface area contributed by atoms with Gasteiger partial charge in [0, 0.05) is 38.6 Å². The van der Waals surface area contributed by atoms with E-state index in [1.807, 2.05) is 6.92 Å². The fourth-order valence-corrected chi connectivity index (χ4v) is 2.38. The second-order valence-electron chi connectivity index (χ2n) is 4.70. The number of anilines is 1. The highest BCUT2D eigenvalue weighted by Gasteiger charge is 2.20. The molecule has 1 aliphatic heterocycles. The van der Waals surface area contributed by atoms with E-state index in [0.29, 0.717) is 18.3 Å². The standard InChI is InChI=1S/C12H15BrN6O/c1-9-16-11(20-17-9)8-18-2-4-19(5-3-18)12-14-6-10(13)7-15-12/h6-7H,2-5,8H2,1H3. The minimum Gasteiger partial charge on any atom is -0.338 e. The van der Waals surface area contributed by atoms with E-state index in [2.05, 4.69) is 45.8 Å². The quantitative estimate of drug-likeness (QED) is 0.833. The van der Waals surface area contributed by atoms with Gasteiger partial charge in [0.05, 0.1) is 11.0 Å². The molecule has 20 heavy (non-hydrogen) atoms. The van der Waals surface area contributed by atoms with Crippen LogP contribution in [0.25, 0.3) is 0 Å². The van der Waals surface area contributed by atoms with Crippen LogP contribution in [0.4, 0.5) is 5.95 Å². The minimum atomic E-state index is 0.677. The zero-order valence-corrected chi connectivity index (χ0v) is 12.7. The predicted octanol–water partition coefficient (Wildman–Crippen LogP) is 1.25. The van der Waals surface area contributed by atoms with Gasteiger partial charge in [-0.1, -0.05) is 5.16 Å². The molecule has 0 aromatic carbocycles. The maximum absolute atomic E-state index is 5.15. The van der Waals surface area contributed by atoms with Gasteiger partial charge in [-0.25, -0.2) is 9.97 Å². The zero-order chi connectivity index (χ0) is 13.9. The van der Waals surface area contributed by atoms with Gasteiger partial charge < -0.3 is 9.42 Å². The van der Waals surface area contributed by atoms with Crippen LogP contribution in [0.5, 0.6) is 0 Å². The number of nitrogens with zero attached hydrogens (tertiary/aromatic N) is 6. The summed E-state index contributed by atoms with van der Waals surface area (Å²) in [5, 5.41) is 3.81. The van der Waals surface area contributed by atoms with E-state index in [-0.39, 0.29) is 0 Å². The molecular weight excluding hydrogens is 324 g/mol. The molecule has 0 atom stereocenters. The molecule has 3 heterocycles. The summed E-state index contributed by atoms with van der Waals surface area (Å²) in [7, 11) is 0. The molecule has 2 aromatic rings. The van der Waals surface area contributed by atoms with E-state index in [9.17, 15) is 0 Å². The lowest BCUT2D eigenvalue weighted by molar-refractivity contribution is 0.214. The van der Waals surface area contributed by atoms with Crippen molar-refractivity contribution in [3.8, 4) is 0 Å². The Morgan fingerprint density at radius 3 is 2.50 bits per heavy atom. The van der Waals surface area contributed by atoms with Crippen LogP contribution in [0.1, 0.15) is 11.7 Å². The lowest BCUT2D eigenvalue weighted by Gasteiger charge is -2.33. The van der Waals surface area contributed by atoms with Crippen molar-refractivity contribution in [3.63, 3.8) is 0 Å². The first kappa shape index (κ1) is 13.4. The van der Waals surface area contributed by atoms with Crippen molar-refractivity contribution in [2.24, 2.45) is 0 Å². The Labute approximate surface area is 125 Å². The number of hydrogen-bond acceptors (Lipinski definition) is 7. The molecule has 7 nitrogen and oxygen atoms in total. The average Bonchev–Trinajstić information content (AvgIpc) is 2.86. The van der Waals surface area contributed by atoms with Crippen molar-refractivity contribution >= 4 is 21.9 Å². The fraction of sp³-hybridized carbons (Fsp3) is 0.500. The molecule has 1 aliphatic rings. The van der Waals surface area contributed by atoms with Gasteiger partial charge in [0.2, 0.25) is 11.8 Å². The summed E-state index contributed by atoms with van der Waals surface area (Å²) in [6.45, 7) is 6.19. The van der Waals surface area contributed by atoms with Crippen LogP contribution in [-0.2, 0) is 6.54 Å². The lowest BCUT2D eigenvalue weighted by atomic mass is 10.3. The van der Waals surface area contributed by atoms with E-state index in [1.54, 1.807) is 12.4 Å². The molecule has 0 unspecified atom stereocenters. The number of rotatable bonds is 3. The molecule has 0 N–H and O–H groups in total. The predicted molar refractivity (Wildman–Crippen MR) is 76.3 cm³/mol. The van der Waals surface area contributed by atoms with Crippen LogP contribution in [-0.4, -0.2) is 51.2 Å². The molecule has 106 valence electrons. The van der Waals surface area contributed by atoms with Gasteiger partial charge in [0.1, 0.15) is 0 Å². The zero-order valence-electron chi connectivity index (χ0n) is 11.2. The van der Waals surface area contributed by atoms with Gasteiger partial charge in [-0.3, -0.25) is 4.90 Å². The molecule has 1 saturated heterocycles. The van der Waals surface area contributed by atoms with Crippen molar-refractivity contribution in [2.45, 2.75) is 13.5 Å². The highest BCUT2D eigenvalue weighted by molar-refractivity contribution is 9.10. The topological polar surface area (TPSA) is 71.2 Å². The molecule has 8 heteroatoms.